The molecule has 0 fully saturated rings. The van der Waals surface area contributed by atoms with Crippen molar-refractivity contribution in [2.75, 3.05) is 11.9 Å². The highest BCUT2D eigenvalue weighted by atomic mass is 19.4. The van der Waals surface area contributed by atoms with Gasteiger partial charge >= 0.3 is 12.3 Å². The first-order chi connectivity index (χ1) is 9.24. The van der Waals surface area contributed by atoms with Crippen LogP contribution in [0.5, 0.6) is 0 Å². The Morgan fingerprint density at radius 3 is 2.60 bits per heavy atom. The number of nitriles is 1. The van der Waals surface area contributed by atoms with Crippen molar-refractivity contribution >= 4 is 11.8 Å². The zero-order valence-corrected chi connectivity index (χ0v) is 10.9. The molecule has 1 rings (SSSR count). The molecule has 0 saturated heterocycles. The number of carbonyl (C=O) groups is 1. The van der Waals surface area contributed by atoms with E-state index in [-0.39, 0.29) is 18.2 Å². The number of rotatable bonds is 3. The lowest BCUT2D eigenvalue weighted by molar-refractivity contribution is -0.137. The third-order valence-corrected chi connectivity index (χ3v) is 2.24. The molecule has 7 heteroatoms. The zero-order chi connectivity index (χ0) is 15.3. The van der Waals surface area contributed by atoms with Crippen molar-refractivity contribution in [3.63, 3.8) is 0 Å². The van der Waals surface area contributed by atoms with Gasteiger partial charge < -0.3 is 4.74 Å². The van der Waals surface area contributed by atoms with Crippen LogP contribution in [0.3, 0.4) is 0 Å². The number of nitrogens with one attached hydrogen (secondary N) is 1. The molecule has 1 N–H and O–H groups in total. The molecule has 0 aliphatic heterocycles. The Hall–Kier alpha value is -2.23. The van der Waals surface area contributed by atoms with Gasteiger partial charge in [-0.15, -0.1) is 0 Å². The number of anilines is 1. The van der Waals surface area contributed by atoms with E-state index in [1.165, 1.54) is 12.1 Å². The van der Waals surface area contributed by atoms with E-state index in [1.54, 1.807) is 0 Å². The number of hydrogen-bond acceptors (Lipinski definition) is 3. The second kappa shape index (κ2) is 6.28. The summed E-state index contributed by atoms with van der Waals surface area (Å²) in [6.45, 7) is 3.82. The molecule has 0 aliphatic rings. The van der Waals surface area contributed by atoms with Crippen LogP contribution < -0.4 is 5.32 Å². The largest absolute Gasteiger partial charge is 0.449 e. The quantitative estimate of drug-likeness (QED) is 0.919. The predicted octanol–water partition coefficient (Wildman–Crippen LogP) is 3.78. The van der Waals surface area contributed by atoms with Crippen LogP contribution in [0, 0.1) is 17.2 Å². The minimum Gasteiger partial charge on any atom is -0.449 e. The van der Waals surface area contributed by atoms with Crippen LogP contribution in [-0.2, 0) is 10.9 Å². The Bertz CT molecular complexity index is 533. The van der Waals surface area contributed by atoms with E-state index in [2.05, 4.69) is 5.32 Å². The molecular weight excluding hydrogens is 273 g/mol. The van der Waals surface area contributed by atoms with Crippen LogP contribution in [0.25, 0.3) is 0 Å². The number of amides is 1. The van der Waals surface area contributed by atoms with Crippen molar-refractivity contribution < 1.29 is 22.7 Å². The first kappa shape index (κ1) is 15.8. The first-order valence-corrected chi connectivity index (χ1v) is 5.79. The summed E-state index contributed by atoms with van der Waals surface area (Å²) in [5.41, 5.74) is -1.68. The van der Waals surface area contributed by atoms with Crippen LogP contribution in [0.1, 0.15) is 25.0 Å². The fourth-order valence-electron chi connectivity index (χ4n) is 1.35. The molecule has 1 amide bonds. The predicted molar refractivity (Wildman–Crippen MR) is 66.0 cm³/mol. The molecule has 4 nitrogen and oxygen atoms in total. The standard InChI is InChI=1S/C13H13F3N2O2/c1-8(2)7-20-12(19)18-10-4-3-9(6-17)11(5-10)13(14,15)16/h3-5,8H,7H2,1-2H3,(H,18,19). The van der Waals surface area contributed by atoms with E-state index >= 15 is 0 Å². The van der Waals surface area contributed by atoms with Gasteiger partial charge in [0.25, 0.3) is 0 Å². The average Bonchev–Trinajstić information content (AvgIpc) is 2.35. The molecule has 0 saturated carbocycles. The van der Waals surface area contributed by atoms with Crippen molar-refractivity contribution in [2.45, 2.75) is 20.0 Å². The lowest BCUT2D eigenvalue weighted by atomic mass is 10.1. The number of nitrogens with zero attached hydrogens (tertiary/aromatic N) is 1. The summed E-state index contributed by atoms with van der Waals surface area (Å²) in [5.74, 6) is 0.118. The number of ether oxygens (including phenoxy) is 1. The number of carbonyl (C=O) groups excluding carboxylic acids is 1. The van der Waals surface area contributed by atoms with Crippen LogP contribution in [-0.4, -0.2) is 12.7 Å². The molecule has 0 bridgehead atoms. The molecule has 1 aromatic rings. The average molecular weight is 286 g/mol. The number of halogens is 3. The number of alkyl halides is 3. The summed E-state index contributed by atoms with van der Waals surface area (Å²) in [5, 5.41) is 10.8. The summed E-state index contributed by atoms with van der Waals surface area (Å²) in [6.07, 6.45) is -5.50. The Morgan fingerprint density at radius 1 is 1.45 bits per heavy atom. The zero-order valence-electron chi connectivity index (χ0n) is 10.9. The lowest BCUT2D eigenvalue weighted by Crippen LogP contribution is -2.17. The van der Waals surface area contributed by atoms with E-state index in [4.69, 9.17) is 10.00 Å². The minimum absolute atomic E-state index is 0.0786. The van der Waals surface area contributed by atoms with Crippen molar-refractivity contribution in [3.05, 3.63) is 29.3 Å². The maximum Gasteiger partial charge on any atom is 0.417 e. The lowest BCUT2D eigenvalue weighted by Gasteiger charge is -2.12. The van der Waals surface area contributed by atoms with Gasteiger partial charge in [0.2, 0.25) is 0 Å². The molecule has 0 aromatic heterocycles. The van der Waals surface area contributed by atoms with Gasteiger partial charge in [0.15, 0.2) is 0 Å². The molecule has 0 spiro atoms. The fraction of sp³-hybridized carbons (Fsp3) is 0.385. The van der Waals surface area contributed by atoms with Crippen LogP contribution in [0.4, 0.5) is 23.7 Å². The van der Waals surface area contributed by atoms with Crippen molar-refractivity contribution in [1.29, 1.82) is 5.26 Å². The van der Waals surface area contributed by atoms with E-state index in [0.29, 0.717) is 6.07 Å². The molecule has 1 aromatic carbocycles. The third kappa shape index (κ3) is 4.46. The van der Waals surface area contributed by atoms with Crippen molar-refractivity contribution in [1.82, 2.24) is 0 Å². The third-order valence-electron chi connectivity index (χ3n) is 2.24. The van der Waals surface area contributed by atoms with Crippen LogP contribution in [0.2, 0.25) is 0 Å². The molecular formula is C13H13F3N2O2. The van der Waals surface area contributed by atoms with Crippen molar-refractivity contribution in [2.24, 2.45) is 5.92 Å². The van der Waals surface area contributed by atoms with E-state index in [0.717, 1.165) is 6.07 Å². The molecule has 0 aliphatic carbocycles. The van der Waals surface area contributed by atoms with Gasteiger partial charge in [0.1, 0.15) is 0 Å². The van der Waals surface area contributed by atoms with E-state index in [1.807, 2.05) is 13.8 Å². The van der Waals surface area contributed by atoms with Gasteiger partial charge in [-0.3, -0.25) is 5.32 Å². The SMILES string of the molecule is CC(C)COC(=O)Nc1ccc(C#N)c(C(F)(F)F)c1. The van der Waals surface area contributed by atoms with Gasteiger partial charge in [-0.1, -0.05) is 13.8 Å². The molecule has 0 radical (unpaired) electrons. The molecule has 20 heavy (non-hydrogen) atoms. The minimum atomic E-state index is -4.66. The number of hydrogen-bond donors (Lipinski definition) is 1. The highest BCUT2D eigenvalue weighted by molar-refractivity contribution is 5.84. The van der Waals surface area contributed by atoms with Gasteiger partial charge in [-0.2, -0.15) is 18.4 Å². The normalized spacial score (nSPS) is 11.1. The Labute approximate surface area is 114 Å². The maximum absolute atomic E-state index is 12.7. The Kier molecular flexibility index (Phi) is 4.97. The second-order valence-electron chi connectivity index (χ2n) is 4.49. The van der Waals surface area contributed by atoms with E-state index in [9.17, 15) is 18.0 Å². The Balaban J connectivity index is 2.88. The summed E-state index contributed by atoms with van der Waals surface area (Å²) < 4.78 is 42.9. The Morgan fingerprint density at radius 2 is 2.10 bits per heavy atom. The summed E-state index contributed by atoms with van der Waals surface area (Å²) in [4.78, 5) is 11.4. The smallest absolute Gasteiger partial charge is 0.417 e. The first-order valence-electron chi connectivity index (χ1n) is 5.79. The summed E-state index contributed by atoms with van der Waals surface area (Å²) >= 11 is 0. The van der Waals surface area contributed by atoms with Gasteiger partial charge in [0, 0.05) is 5.69 Å². The van der Waals surface area contributed by atoms with Crippen LogP contribution >= 0.6 is 0 Å². The molecule has 0 unspecified atom stereocenters. The maximum atomic E-state index is 12.7. The van der Waals surface area contributed by atoms with Gasteiger partial charge in [-0.05, 0) is 24.1 Å². The molecule has 108 valence electrons. The summed E-state index contributed by atoms with van der Waals surface area (Å²) in [6, 6.07) is 4.38. The van der Waals surface area contributed by atoms with Crippen molar-refractivity contribution in [3.8, 4) is 6.07 Å². The topological polar surface area (TPSA) is 62.1 Å². The highest BCUT2D eigenvalue weighted by Gasteiger charge is 2.34. The summed E-state index contributed by atoms with van der Waals surface area (Å²) in [7, 11) is 0. The van der Waals surface area contributed by atoms with Gasteiger partial charge in [-0.25, -0.2) is 4.79 Å². The second-order valence-corrected chi connectivity index (χ2v) is 4.49. The van der Waals surface area contributed by atoms with E-state index < -0.39 is 23.4 Å². The fourth-order valence-corrected chi connectivity index (χ4v) is 1.35. The highest BCUT2D eigenvalue weighted by Crippen LogP contribution is 2.33. The van der Waals surface area contributed by atoms with Gasteiger partial charge in [0.05, 0.1) is 23.8 Å². The number of benzene rings is 1. The van der Waals surface area contributed by atoms with Crippen LogP contribution in [0.15, 0.2) is 18.2 Å². The molecule has 0 heterocycles. The monoisotopic (exact) mass is 286 g/mol. The molecule has 0 atom stereocenters.